The Balaban J connectivity index is 1.83. The number of carbonyl (C=O) groups is 2. The summed E-state index contributed by atoms with van der Waals surface area (Å²) >= 11 is 1.24. The maximum Gasteiger partial charge on any atom is 0.338 e. The maximum absolute atomic E-state index is 12.9. The summed E-state index contributed by atoms with van der Waals surface area (Å²) in [4.78, 5) is 42.3. The molecule has 164 valence electrons. The standard InChI is InChI=1S/C23H20N2O6S/c1-3-30-22(28)14-8-9-17-19(12-14)32-23(25(17)10-11-29-2)24-21(27)16-13-31-18-7-5-4-6-15(18)20(16)26/h4-9,12-13H,3,10-11H2,1-2H3. The quantitative estimate of drug-likeness (QED) is 0.416. The summed E-state index contributed by atoms with van der Waals surface area (Å²) in [6.45, 7) is 2.85. The van der Waals surface area contributed by atoms with Crippen LogP contribution in [0.4, 0.5) is 0 Å². The zero-order valence-electron chi connectivity index (χ0n) is 17.5. The molecular weight excluding hydrogens is 432 g/mol. The summed E-state index contributed by atoms with van der Waals surface area (Å²) in [5.41, 5.74) is 1.02. The van der Waals surface area contributed by atoms with Gasteiger partial charge in [-0.2, -0.15) is 4.99 Å². The Morgan fingerprint density at radius 2 is 2.00 bits per heavy atom. The van der Waals surface area contributed by atoms with E-state index >= 15 is 0 Å². The molecule has 0 aliphatic rings. The number of rotatable bonds is 6. The van der Waals surface area contributed by atoms with Crippen LogP contribution in [0.3, 0.4) is 0 Å². The summed E-state index contributed by atoms with van der Waals surface area (Å²) in [5, 5.41) is 0.316. The second-order valence-corrected chi connectivity index (χ2v) is 7.83. The Bertz CT molecular complexity index is 1450. The van der Waals surface area contributed by atoms with Crippen LogP contribution >= 0.6 is 11.3 Å². The van der Waals surface area contributed by atoms with Crippen molar-refractivity contribution in [2.45, 2.75) is 13.5 Å². The second kappa shape index (κ2) is 9.29. The predicted octanol–water partition coefficient (Wildman–Crippen LogP) is 3.37. The van der Waals surface area contributed by atoms with E-state index in [2.05, 4.69) is 4.99 Å². The zero-order chi connectivity index (χ0) is 22.7. The highest BCUT2D eigenvalue weighted by Gasteiger charge is 2.16. The lowest BCUT2D eigenvalue weighted by Gasteiger charge is -2.05. The molecule has 0 saturated heterocycles. The lowest BCUT2D eigenvalue weighted by molar-refractivity contribution is 0.0526. The van der Waals surface area contributed by atoms with Crippen molar-refractivity contribution in [2.24, 2.45) is 4.99 Å². The van der Waals surface area contributed by atoms with Crippen LogP contribution in [-0.2, 0) is 16.0 Å². The third kappa shape index (κ3) is 4.12. The molecule has 0 spiro atoms. The Kier molecular flexibility index (Phi) is 6.29. The molecule has 2 heterocycles. The topological polar surface area (TPSA) is 100 Å². The highest BCUT2D eigenvalue weighted by atomic mass is 32.1. The van der Waals surface area contributed by atoms with Crippen molar-refractivity contribution in [3.8, 4) is 0 Å². The van der Waals surface area contributed by atoms with Crippen molar-refractivity contribution in [1.82, 2.24) is 4.57 Å². The third-order valence-corrected chi connectivity index (χ3v) is 5.86. The molecule has 0 saturated carbocycles. The Morgan fingerprint density at radius 1 is 1.19 bits per heavy atom. The smallest absolute Gasteiger partial charge is 0.338 e. The van der Waals surface area contributed by atoms with E-state index in [1.165, 1.54) is 11.3 Å². The fourth-order valence-electron chi connectivity index (χ4n) is 3.27. The molecule has 4 aromatic rings. The lowest BCUT2D eigenvalue weighted by atomic mass is 10.2. The van der Waals surface area contributed by atoms with Gasteiger partial charge in [-0.3, -0.25) is 9.59 Å². The normalized spacial score (nSPS) is 11.9. The first-order valence-corrected chi connectivity index (χ1v) is 10.7. The van der Waals surface area contributed by atoms with Gasteiger partial charge in [-0.15, -0.1) is 0 Å². The van der Waals surface area contributed by atoms with Crippen LogP contribution < -0.4 is 10.2 Å². The van der Waals surface area contributed by atoms with E-state index in [4.69, 9.17) is 13.9 Å². The number of carbonyl (C=O) groups excluding carboxylic acids is 2. The molecule has 0 radical (unpaired) electrons. The van der Waals surface area contributed by atoms with Gasteiger partial charge in [0.1, 0.15) is 17.4 Å². The average molecular weight is 452 g/mol. The number of aromatic nitrogens is 1. The highest BCUT2D eigenvalue weighted by Crippen LogP contribution is 2.20. The van der Waals surface area contributed by atoms with Crippen LogP contribution in [0.15, 0.2) is 62.9 Å². The summed E-state index contributed by atoms with van der Waals surface area (Å²) in [5.74, 6) is -1.12. The molecule has 8 nitrogen and oxygen atoms in total. The van der Waals surface area contributed by atoms with E-state index in [1.807, 2.05) is 4.57 Å². The van der Waals surface area contributed by atoms with Crippen molar-refractivity contribution in [1.29, 1.82) is 0 Å². The zero-order valence-corrected chi connectivity index (χ0v) is 18.3. The molecular formula is C23H20N2O6S. The number of nitrogens with zero attached hydrogens (tertiary/aromatic N) is 2. The molecule has 0 bridgehead atoms. The van der Waals surface area contributed by atoms with Crippen molar-refractivity contribution in [2.75, 3.05) is 20.3 Å². The fourth-order valence-corrected chi connectivity index (χ4v) is 4.37. The Labute approximate surface area is 186 Å². The van der Waals surface area contributed by atoms with Gasteiger partial charge in [-0.1, -0.05) is 23.5 Å². The minimum Gasteiger partial charge on any atom is -0.463 e. The van der Waals surface area contributed by atoms with Crippen LogP contribution in [0.25, 0.3) is 21.2 Å². The number of amides is 1. The first-order valence-electron chi connectivity index (χ1n) is 9.92. The first kappa shape index (κ1) is 21.7. The van der Waals surface area contributed by atoms with Crippen LogP contribution in [0.1, 0.15) is 27.6 Å². The molecule has 0 N–H and O–H groups in total. The van der Waals surface area contributed by atoms with Gasteiger partial charge in [0.2, 0.25) is 5.43 Å². The highest BCUT2D eigenvalue weighted by molar-refractivity contribution is 7.16. The number of hydrogen-bond acceptors (Lipinski definition) is 7. The molecule has 9 heteroatoms. The molecule has 0 fully saturated rings. The van der Waals surface area contributed by atoms with Crippen LogP contribution in [0.2, 0.25) is 0 Å². The minimum atomic E-state index is -0.701. The van der Waals surface area contributed by atoms with E-state index in [9.17, 15) is 14.4 Å². The molecule has 0 aliphatic heterocycles. The molecule has 0 atom stereocenters. The van der Waals surface area contributed by atoms with Gasteiger partial charge in [0.25, 0.3) is 5.91 Å². The van der Waals surface area contributed by atoms with E-state index in [1.54, 1.807) is 56.5 Å². The van der Waals surface area contributed by atoms with Gasteiger partial charge >= 0.3 is 5.97 Å². The van der Waals surface area contributed by atoms with Gasteiger partial charge in [0.15, 0.2) is 4.80 Å². The number of benzene rings is 2. The van der Waals surface area contributed by atoms with E-state index in [0.29, 0.717) is 34.5 Å². The number of ether oxygens (including phenoxy) is 2. The maximum atomic E-state index is 12.9. The first-order chi connectivity index (χ1) is 15.5. The molecule has 4 rings (SSSR count). The summed E-state index contributed by atoms with van der Waals surface area (Å²) in [7, 11) is 1.58. The fraction of sp³-hybridized carbons (Fsp3) is 0.217. The summed E-state index contributed by atoms with van der Waals surface area (Å²) < 4.78 is 18.3. The van der Waals surface area contributed by atoms with Crippen LogP contribution in [-0.4, -0.2) is 36.8 Å². The summed E-state index contributed by atoms with van der Waals surface area (Å²) in [6, 6.07) is 11.9. The number of thiazole rings is 1. The number of methoxy groups -OCH3 is 1. The van der Waals surface area contributed by atoms with Crippen molar-refractivity contribution in [3.05, 3.63) is 74.9 Å². The molecule has 0 aliphatic carbocycles. The minimum absolute atomic E-state index is 0.147. The summed E-state index contributed by atoms with van der Waals surface area (Å²) in [6.07, 6.45) is 1.14. The van der Waals surface area contributed by atoms with Crippen LogP contribution in [0.5, 0.6) is 0 Å². The van der Waals surface area contributed by atoms with Crippen molar-refractivity contribution >= 4 is 44.4 Å². The lowest BCUT2D eigenvalue weighted by Crippen LogP contribution is -2.21. The monoisotopic (exact) mass is 452 g/mol. The van der Waals surface area contributed by atoms with Crippen molar-refractivity contribution < 1.29 is 23.5 Å². The molecule has 32 heavy (non-hydrogen) atoms. The van der Waals surface area contributed by atoms with Gasteiger partial charge in [-0.05, 0) is 37.3 Å². The Hall–Kier alpha value is -3.56. The predicted molar refractivity (Wildman–Crippen MR) is 120 cm³/mol. The SMILES string of the molecule is CCOC(=O)c1ccc2c(c1)sc(=NC(=O)c1coc3ccccc3c1=O)n2CCOC. The van der Waals surface area contributed by atoms with Gasteiger partial charge in [0.05, 0.1) is 34.4 Å². The van der Waals surface area contributed by atoms with Gasteiger partial charge in [0, 0.05) is 13.7 Å². The third-order valence-electron chi connectivity index (χ3n) is 4.82. The van der Waals surface area contributed by atoms with E-state index in [-0.39, 0.29) is 12.2 Å². The van der Waals surface area contributed by atoms with Crippen LogP contribution in [0, 0.1) is 0 Å². The molecule has 1 amide bonds. The molecule has 0 unspecified atom stereocenters. The van der Waals surface area contributed by atoms with Gasteiger partial charge in [-0.25, -0.2) is 4.79 Å². The van der Waals surface area contributed by atoms with E-state index in [0.717, 1.165) is 16.5 Å². The van der Waals surface area contributed by atoms with E-state index < -0.39 is 17.3 Å². The largest absolute Gasteiger partial charge is 0.463 e. The van der Waals surface area contributed by atoms with Crippen molar-refractivity contribution in [3.63, 3.8) is 0 Å². The number of hydrogen-bond donors (Lipinski definition) is 0. The number of para-hydroxylation sites is 1. The number of fused-ring (bicyclic) bond motifs is 2. The van der Waals surface area contributed by atoms with Gasteiger partial charge < -0.3 is 18.5 Å². The Morgan fingerprint density at radius 3 is 2.78 bits per heavy atom. The average Bonchev–Trinajstić information content (AvgIpc) is 3.14. The molecule has 2 aromatic heterocycles. The molecule has 2 aromatic carbocycles. The second-order valence-electron chi connectivity index (χ2n) is 6.82. The number of esters is 1.